The molecule has 90 heavy (non-hydrogen) atoms. The first kappa shape index (κ1) is 86.1. The molecule has 0 radical (unpaired) electrons. The van der Waals surface area contributed by atoms with Crippen molar-refractivity contribution in [2.45, 2.75) is 435 Å². The van der Waals surface area contributed by atoms with Crippen molar-refractivity contribution >= 4 is 5.91 Å². The maximum Gasteiger partial charge on any atom is 0.249 e. The third-order valence-corrected chi connectivity index (χ3v) is 18.8. The summed E-state index contributed by atoms with van der Waals surface area (Å²) in [6.07, 6.45) is 78.0. The van der Waals surface area contributed by atoms with Gasteiger partial charge in [-0.1, -0.05) is 339 Å². The van der Waals surface area contributed by atoms with Gasteiger partial charge in [-0.3, -0.25) is 4.79 Å². The third-order valence-electron chi connectivity index (χ3n) is 18.8. The molecule has 0 saturated carbocycles. The summed E-state index contributed by atoms with van der Waals surface area (Å²) in [7, 11) is 0. The highest BCUT2D eigenvalue weighted by Gasteiger charge is 2.44. The maximum atomic E-state index is 13.3. The van der Waals surface area contributed by atoms with Crippen LogP contribution in [0.2, 0.25) is 0 Å². The van der Waals surface area contributed by atoms with Crippen LogP contribution < -0.4 is 5.32 Å². The number of ether oxygens (including phenoxy) is 2. The van der Waals surface area contributed by atoms with Crippen LogP contribution in [0.4, 0.5) is 0 Å². The van der Waals surface area contributed by atoms with Crippen LogP contribution in [-0.4, -0.2) is 110 Å². The summed E-state index contributed by atoms with van der Waals surface area (Å²) in [5.74, 6) is -0.707. The summed E-state index contributed by atoms with van der Waals surface area (Å²) in [6.45, 7) is 3.50. The molecule has 1 heterocycles. The van der Waals surface area contributed by atoms with E-state index in [1.54, 1.807) is 0 Å². The summed E-state index contributed by atoms with van der Waals surface area (Å²) in [6, 6.07) is -1.20. The second-order valence-corrected chi connectivity index (χ2v) is 27.4. The predicted molar refractivity (Wildman–Crippen MR) is 381 cm³/mol. The topological polar surface area (TPSA) is 189 Å². The SMILES string of the molecule is CCCCCCCCCCCCCC/C=C\CCCCCCCCCCCCCCCCCC(O)C(=O)NC(COC1OC(CO)C(O)C(O)C1O)C(O)C(O)CCC/C=C/CC/C=C/CC/C=C/CCCCCCCCCCCCCCCCCCCCC. The molecule has 1 rings (SSSR count). The van der Waals surface area contributed by atoms with E-state index in [0.29, 0.717) is 19.3 Å². The molecule has 9 atom stereocenters. The van der Waals surface area contributed by atoms with Crippen LogP contribution in [0.25, 0.3) is 0 Å². The highest BCUT2D eigenvalue weighted by molar-refractivity contribution is 5.80. The fourth-order valence-corrected chi connectivity index (χ4v) is 12.6. The van der Waals surface area contributed by atoms with Crippen LogP contribution in [0, 0.1) is 0 Å². The molecule has 9 unspecified atom stereocenters. The number of aliphatic hydroxyl groups excluding tert-OH is 7. The van der Waals surface area contributed by atoms with Gasteiger partial charge in [-0.25, -0.2) is 0 Å². The van der Waals surface area contributed by atoms with Crippen LogP contribution in [0.15, 0.2) is 48.6 Å². The van der Waals surface area contributed by atoms with Crippen LogP contribution in [0.1, 0.15) is 380 Å². The molecule has 530 valence electrons. The molecule has 1 amide bonds. The second-order valence-electron chi connectivity index (χ2n) is 27.4. The molecule has 11 nitrogen and oxygen atoms in total. The number of unbranched alkanes of at least 4 members (excludes halogenated alkanes) is 49. The summed E-state index contributed by atoms with van der Waals surface area (Å²) in [4.78, 5) is 13.3. The predicted octanol–water partition coefficient (Wildman–Crippen LogP) is 19.9. The zero-order valence-corrected chi connectivity index (χ0v) is 58.9. The summed E-state index contributed by atoms with van der Waals surface area (Å²) in [5.41, 5.74) is 0. The van der Waals surface area contributed by atoms with Crippen LogP contribution in [0.5, 0.6) is 0 Å². The van der Waals surface area contributed by atoms with Gasteiger partial charge in [-0.15, -0.1) is 0 Å². The Morgan fingerprint density at radius 2 is 0.667 bits per heavy atom. The van der Waals surface area contributed by atoms with E-state index in [2.05, 4.69) is 67.8 Å². The molecule has 1 aliphatic rings. The second kappa shape index (κ2) is 67.1. The Morgan fingerprint density at radius 1 is 0.378 bits per heavy atom. The highest BCUT2D eigenvalue weighted by atomic mass is 16.7. The Bertz CT molecular complexity index is 1610. The number of nitrogens with one attached hydrogen (secondary N) is 1. The van der Waals surface area contributed by atoms with E-state index in [1.165, 1.54) is 289 Å². The molecule has 11 heteroatoms. The molecule has 0 spiro atoms. The summed E-state index contributed by atoms with van der Waals surface area (Å²) >= 11 is 0. The van der Waals surface area contributed by atoms with Crippen molar-refractivity contribution in [3.63, 3.8) is 0 Å². The molecule has 1 aliphatic heterocycles. The lowest BCUT2D eigenvalue weighted by Gasteiger charge is -2.40. The Balaban J connectivity index is 2.19. The van der Waals surface area contributed by atoms with Crippen LogP contribution >= 0.6 is 0 Å². The minimum Gasteiger partial charge on any atom is -0.394 e. The molecule has 0 aliphatic carbocycles. The lowest BCUT2D eigenvalue weighted by Crippen LogP contribution is -2.60. The van der Waals surface area contributed by atoms with Crippen molar-refractivity contribution in [3.8, 4) is 0 Å². The minimum absolute atomic E-state index is 0.242. The fraction of sp³-hybridized carbons (Fsp3) is 0.886. The van der Waals surface area contributed by atoms with E-state index in [4.69, 9.17) is 9.47 Å². The Labute approximate surface area is 555 Å². The summed E-state index contributed by atoms with van der Waals surface area (Å²) in [5, 5.41) is 76.6. The summed E-state index contributed by atoms with van der Waals surface area (Å²) < 4.78 is 11.2. The number of hydrogen-bond acceptors (Lipinski definition) is 10. The Hall–Kier alpha value is -1.93. The van der Waals surface area contributed by atoms with Crippen molar-refractivity contribution in [1.29, 1.82) is 0 Å². The van der Waals surface area contributed by atoms with Gasteiger partial charge < -0.3 is 50.5 Å². The van der Waals surface area contributed by atoms with E-state index in [0.717, 1.165) is 44.9 Å². The average molecular weight is 1270 g/mol. The van der Waals surface area contributed by atoms with Gasteiger partial charge in [-0.2, -0.15) is 0 Å². The average Bonchev–Trinajstić information content (AvgIpc) is 1.37. The first-order valence-corrected chi connectivity index (χ1v) is 39.0. The molecule has 1 saturated heterocycles. The van der Waals surface area contributed by atoms with Gasteiger partial charge in [0.1, 0.15) is 36.6 Å². The van der Waals surface area contributed by atoms with Gasteiger partial charge >= 0.3 is 0 Å². The molecule has 8 N–H and O–H groups in total. The quantitative estimate of drug-likeness (QED) is 0.0215. The van der Waals surface area contributed by atoms with E-state index < -0.39 is 74.2 Å². The molecule has 0 aromatic heterocycles. The largest absolute Gasteiger partial charge is 0.394 e. The molecular weight excluding hydrogens is 1120 g/mol. The standard InChI is InChI=1S/C79H149NO10/c1-3-5-7-9-11-13-15-17-19-21-23-25-27-29-31-33-35-37-38-40-42-44-46-48-50-52-54-56-58-60-62-64-66-71(82)74(84)70(69-89-79-77(87)76(86)75(85)73(68-81)90-79)80-78(88)72(83)67-65-63-61-59-57-55-53-51-49-47-45-43-41-39-36-34-32-30-28-26-24-22-20-18-16-14-12-10-8-6-4-2/h30,32,42,44,50,52,58,60,70-77,79,81-87H,3-29,31,33-41,43,45-49,51,53-57,59,61-69H2,1-2H3,(H,80,88)/b32-30-,44-42+,52-50+,60-58+. The van der Waals surface area contributed by atoms with Crippen LogP contribution in [0.3, 0.4) is 0 Å². The lowest BCUT2D eigenvalue weighted by molar-refractivity contribution is -0.303. The van der Waals surface area contributed by atoms with Gasteiger partial charge in [0.05, 0.1) is 25.4 Å². The maximum absolute atomic E-state index is 13.3. The van der Waals surface area contributed by atoms with Gasteiger partial charge in [-0.05, 0) is 89.9 Å². The van der Waals surface area contributed by atoms with Crippen molar-refractivity contribution < 1.29 is 50.0 Å². The Kier molecular flexibility index (Phi) is 64.1. The van der Waals surface area contributed by atoms with Gasteiger partial charge in [0, 0.05) is 0 Å². The van der Waals surface area contributed by atoms with Crippen molar-refractivity contribution in [2.24, 2.45) is 0 Å². The number of carbonyl (C=O) groups is 1. The first-order valence-electron chi connectivity index (χ1n) is 39.0. The number of aliphatic hydroxyl groups is 7. The van der Waals surface area contributed by atoms with Gasteiger partial charge in [0.2, 0.25) is 5.91 Å². The zero-order valence-electron chi connectivity index (χ0n) is 58.9. The number of carbonyl (C=O) groups excluding carboxylic acids is 1. The van der Waals surface area contributed by atoms with Gasteiger partial charge in [0.15, 0.2) is 6.29 Å². The lowest BCUT2D eigenvalue weighted by atomic mass is 9.98. The van der Waals surface area contributed by atoms with E-state index in [1.807, 2.05) is 0 Å². The van der Waals surface area contributed by atoms with Crippen molar-refractivity contribution in [3.05, 3.63) is 48.6 Å². The Morgan fingerprint density at radius 3 is 0.989 bits per heavy atom. The number of amides is 1. The molecule has 0 aromatic carbocycles. The van der Waals surface area contributed by atoms with E-state index >= 15 is 0 Å². The van der Waals surface area contributed by atoms with Crippen LogP contribution in [-0.2, 0) is 14.3 Å². The zero-order chi connectivity index (χ0) is 65.3. The number of rotatable bonds is 69. The molecule has 0 aromatic rings. The third kappa shape index (κ3) is 53.3. The minimum atomic E-state index is -1.68. The fourth-order valence-electron chi connectivity index (χ4n) is 12.6. The van der Waals surface area contributed by atoms with Crippen molar-refractivity contribution in [1.82, 2.24) is 5.32 Å². The molecular formula is C79H149NO10. The monoisotopic (exact) mass is 1270 g/mol. The highest BCUT2D eigenvalue weighted by Crippen LogP contribution is 2.24. The normalized spacial score (nSPS) is 18.7. The smallest absolute Gasteiger partial charge is 0.249 e. The first-order chi connectivity index (χ1) is 44.2. The van der Waals surface area contributed by atoms with E-state index in [-0.39, 0.29) is 12.8 Å². The van der Waals surface area contributed by atoms with Gasteiger partial charge in [0.25, 0.3) is 0 Å². The molecule has 0 bridgehead atoms. The van der Waals surface area contributed by atoms with Crippen molar-refractivity contribution in [2.75, 3.05) is 13.2 Å². The van der Waals surface area contributed by atoms with E-state index in [9.17, 15) is 40.5 Å². The number of allylic oxidation sites excluding steroid dienone is 8. The molecule has 1 fully saturated rings. The number of hydrogen-bond donors (Lipinski definition) is 8.